The van der Waals surface area contributed by atoms with Crippen LogP contribution in [0.5, 0.6) is 0 Å². The van der Waals surface area contributed by atoms with E-state index in [9.17, 15) is 4.79 Å². The Kier molecular flexibility index (Phi) is 5.00. The number of rotatable bonds is 5. The summed E-state index contributed by atoms with van der Waals surface area (Å²) in [6, 6.07) is 15.8. The molecular weight excluding hydrogens is 334 g/mol. The summed E-state index contributed by atoms with van der Waals surface area (Å²) in [7, 11) is 1.88. The fourth-order valence-electron chi connectivity index (χ4n) is 2.60. The van der Waals surface area contributed by atoms with Crippen LogP contribution < -0.4 is 5.32 Å². The van der Waals surface area contributed by atoms with Gasteiger partial charge in [-0.15, -0.1) is 0 Å². The van der Waals surface area contributed by atoms with E-state index >= 15 is 0 Å². The molecule has 3 rings (SSSR count). The molecule has 25 heavy (non-hydrogen) atoms. The van der Waals surface area contributed by atoms with Gasteiger partial charge in [0.1, 0.15) is 0 Å². The van der Waals surface area contributed by atoms with E-state index in [2.05, 4.69) is 23.1 Å². The first-order valence-electron chi connectivity index (χ1n) is 7.86. The van der Waals surface area contributed by atoms with Crippen LogP contribution >= 0.6 is 11.6 Å². The van der Waals surface area contributed by atoms with Gasteiger partial charge in [-0.2, -0.15) is 5.10 Å². The summed E-state index contributed by atoms with van der Waals surface area (Å²) in [6.07, 6.45) is 3.17. The minimum Gasteiger partial charge on any atom is -0.348 e. The number of halogens is 1. The maximum Gasteiger partial charge on any atom is 0.243 e. The maximum absolute atomic E-state index is 11.5. The molecule has 0 atom stereocenters. The number of hydrogen-bond donors (Lipinski definition) is 1. The van der Waals surface area contributed by atoms with Crippen molar-refractivity contribution in [3.05, 3.63) is 78.0 Å². The molecule has 4 nitrogen and oxygen atoms in total. The second-order valence-electron chi connectivity index (χ2n) is 5.68. The fraction of sp³-hybridized carbons (Fsp3) is 0.100. The lowest BCUT2D eigenvalue weighted by molar-refractivity contribution is -0.116. The van der Waals surface area contributed by atoms with Crippen LogP contribution in [0.15, 0.2) is 67.4 Å². The SMILES string of the molecule is C=CC(=O)NCc1ccc(-c2ccc(Cl)cc2)cc1-c1ccn(C)n1. The van der Waals surface area contributed by atoms with Gasteiger partial charge in [0.2, 0.25) is 5.91 Å². The number of carbonyl (C=O) groups excluding carboxylic acids is 1. The monoisotopic (exact) mass is 351 g/mol. The van der Waals surface area contributed by atoms with E-state index in [-0.39, 0.29) is 5.91 Å². The molecule has 1 aromatic heterocycles. The topological polar surface area (TPSA) is 46.9 Å². The molecular formula is C20H18ClN3O. The average Bonchev–Trinajstić information content (AvgIpc) is 3.06. The molecule has 0 spiro atoms. The van der Waals surface area contributed by atoms with Gasteiger partial charge in [-0.3, -0.25) is 9.48 Å². The van der Waals surface area contributed by atoms with Gasteiger partial charge < -0.3 is 5.32 Å². The predicted octanol–water partition coefficient (Wildman–Crippen LogP) is 4.21. The lowest BCUT2D eigenvalue weighted by Gasteiger charge is -2.11. The highest BCUT2D eigenvalue weighted by molar-refractivity contribution is 6.30. The molecule has 0 aliphatic rings. The third-order valence-corrected chi connectivity index (χ3v) is 4.17. The number of benzene rings is 2. The van der Waals surface area contributed by atoms with Crippen molar-refractivity contribution in [1.82, 2.24) is 15.1 Å². The van der Waals surface area contributed by atoms with Gasteiger partial charge in [0.25, 0.3) is 0 Å². The van der Waals surface area contributed by atoms with Gasteiger partial charge in [0.15, 0.2) is 0 Å². The molecule has 0 fully saturated rings. The maximum atomic E-state index is 11.5. The number of aryl methyl sites for hydroxylation is 1. The van der Waals surface area contributed by atoms with Gasteiger partial charge in [-0.25, -0.2) is 0 Å². The first kappa shape index (κ1) is 17.0. The zero-order valence-electron chi connectivity index (χ0n) is 13.9. The molecule has 1 N–H and O–H groups in total. The highest BCUT2D eigenvalue weighted by atomic mass is 35.5. The second kappa shape index (κ2) is 7.36. The molecule has 3 aromatic rings. The number of aromatic nitrogens is 2. The normalized spacial score (nSPS) is 10.5. The number of nitrogens with zero attached hydrogens (tertiary/aromatic N) is 2. The van der Waals surface area contributed by atoms with Crippen molar-refractivity contribution in [3.8, 4) is 22.4 Å². The molecule has 5 heteroatoms. The van der Waals surface area contributed by atoms with Gasteiger partial charge in [0.05, 0.1) is 5.69 Å². The summed E-state index contributed by atoms with van der Waals surface area (Å²) in [6.45, 7) is 3.89. The summed E-state index contributed by atoms with van der Waals surface area (Å²) < 4.78 is 1.76. The van der Waals surface area contributed by atoms with E-state index in [0.29, 0.717) is 11.6 Å². The van der Waals surface area contributed by atoms with E-state index in [1.54, 1.807) is 4.68 Å². The molecule has 2 aromatic carbocycles. The van der Waals surface area contributed by atoms with E-state index in [1.807, 2.05) is 55.7 Å². The third-order valence-electron chi connectivity index (χ3n) is 3.92. The van der Waals surface area contributed by atoms with Gasteiger partial charge >= 0.3 is 0 Å². The van der Waals surface area contributed by atoms with Crippen LogP contribution in [0.2, 0.25) is 5.02 Å². The predicted molar refractivity (Wildman–Crippen MR) is 101 cm³/mol. The fourth-order valence-corrected chi connectivity index (χ4v) is 2.73. The third kappa shape index (κ3) is 3.98. The van der Waals surface area contributed by atoms with Crippen LogP contribution in [-0.2, 0) is 18.4 Å². The lowest BCUT2D eigenvalue weighted by Crippen LogP contribution is -2.20. The van der Waals surface area contributed by atoms with Crippen LogP contribution in [-0.4, -0.2) is 15.7 Å². The molecule has 0 aliphatic carbocycles. The van der Waals surface area contributed by atoms with Crippen LogP contribution in [0.3, 0.4) is 0 Å². The van der Waals surface area contributed by atoms with Crippen molar-refractivity contribution in [3.63, 3.8) is 0 Å². The first-order chi connectivity index (χ1) is 12.1. The molecule has 0 saturated heterocycles. The Morgan fingerprint density at radius 3 is 2.56 bits per heavy atom. The summed E-state index contributed by atoms with van der Waals surface area (Å²) >= 11 is 5.98. The largest absolute Gasteiger partial charge is 0.348 e. The molecule has 0 unspecified atom stereocenters. The Labute approximate surface area is 151 Å². The lowest BCUT2D eigenvalue weighted by atomic mass is 9.97. The average molecular weight is 352 g/mol. The van der Waals surface area contributed by atoms with E-state index < -0.39 is 0 Å². The van der Waals surface area contributed by atoms with Gasteiger partial charge in [-0.1, -0.05) is 42.4 Å². The van der Waals surface area contributed by atoms with Gasteiger partial charge in [0, 0.05) is 30.4 Å². The van der Waals surface area contributed by atoms with Crippen molar-refractivity contribution < 1.29 is 4.79 Å². The Morgan fingerprint density at radius 1 is 1.20 bits per heavy atom. The highest BCUT2D eigenvalue weighted by Gasteiger charge is 2.11. The Balaban J connectivity index is 2.02. The van der Waals surface area contributed by atoms with Crippen molar-refractivity contribution in [2.75, 3.05) is 0 Å². The van der Waals surface area contributed by atoms with Crippen molar-refractivity contribution in [2.24, 2.45) is 7.05 Å². The van der Waals surface area contributed by atoms with Crippen LogP contribution in [0, 0.1) is 0 Å². The zero-order chi connectivity index (χ0) is 17.8. The minimum atomic E-state index is -0.200. The number of carbonyl (C=O) groups is 1. The van der Waals surface area contributed by atoms with Crippen molar-refractivity contribution in [2.45, 2.75) is 6.54 Å². The van der Waals surface area contributed by atoms with Gasteiger partial charge in [-0.05, 0) is 47.0 Å². The summed E-state index contributed by atoms with van der Waals surface area (Å²) in [5.41, 5.74) is 4.98. The number of amides is 1. The Morgan fingerprint density at radius 2 is 1.92 bits per heavy atom. The Bertz CT molecular complexity index is 913. The van der Waals surface area contributed by atoms with E-state index in [1.165, 1.54) is 6.08 Å². The minimum absolute atomic E-state index is 0.200. The zero-order valence-corrected chi connectivity index (χ0v) is 14.6. The molecule has 0 radical (unpaired) electrons. The first-order valence-corrected chi connectivity index (χ1v) is 8.24. The number of nitrogens with one attached hydrogen (secondary N) is 1. The summed E-state index contributed by atoms with van der Waals surface area (Å²) in [5.74, 6) is -0.200. The smallest absolute Gasteiger partial charge is 0.243 e. The molecule has 1 heterocycles. The molecule has 0 saturated carbocycles. The molecule has 0 aliphatic heterocycles. The van der Waals surface area contributed by atoms with Crippen LogP contribution in [0.4, 0.5) is 0 Å². The molecule has 0 bridgehead atoms. The van der Waals surface area contributed by atoms with E-state index in [4.69, 9.17) is 11.6 Å². The van der Waals surface area contributed by atoms with Crippen LogP contribution in [0.1, 0.15) is 5.56 Å². The quantitative estimate of drug-likeness (QED) is 0.700. The standard InChI is InChI=1S/C20H18ClN3O/c1-3-20(25)22-13-16-5-4-15(14-6-8-17(21)9-7-14)12-18(16)19-10-11-24(2)23-19/h3-12H,1,13H2,2H3,(H,22,25). The van der Waals surface area contributed by atoms with Crippen molar-refractivity contribution in [1.29, 1.82) is 0 Å². The molecule has 126 valence electrons. The molecule has 1 amide bonds. The second-order valence-corrected chi connectivity index (χ2v) is 6.11. The highest BCUT2D eigenvalue weighted by Crippen LogP contribution is 2.29. The van der Waals surface area contributed by atoms with Crippen molar-refractivity contribution >= 4 is 17.5 Å². The summed E-state index contributed by atoms with van der Waals surface area (Å²) in [5, 5.41) is 8.03. The van der Waals surface area contributed by atoms with E-state index in [0.717, 1.165) is 27.9 Å². The van der Waals surface area contributed by atoms with Crippen LogP contribution in [0.25, 0.3) is 22.4 Å². The summed E-state index contributed by atoms with van der Waals surface area (Å²) in [4.78, 5) is 11.5. The number of hydrogen-bond acceptors (Lipinski definition) is 2. The Hall–Kier alpha value is -2.85.